The summed E-state index contributed by atoms with van der Waals surface area (Å²) in [5, 5.41) is 0.712. The SMILES string of the molecule is CC(C)(C)OC(=O)N1CCC(CC(=O)N2CCN(C(c3ccc(Cl)cc3)c3ccccn3)C[C@@H]2C(C)(C)C)CC1. The largest absolute Gasteiger partial charge is 0.444 e. The summed E-state index contributed by atoms with van der Waals surface area (Å²) in [7, 11) is 0. The standard InChI is InChI=1S/C32H45ClN4O3/c1-31(2,3)27-22-36(29(26-9-7-8-16-34-26)24-10-12-25(33)13-11-24)19-20-37(27)28(38)21-23-14-17-35(18-15-23)30(39)40-32(4,5)6/h7-13,16,23,27,29H,14-15,17-22H2,1-6H3/t27-,29?/m1/s1. The number of likely N-dealkylation sites (tertiary alicyclic amines) is 1. The molecule has 0 saturated carbocycles. The van der Waals surface area contributed by atoms with Crippen molar-refractivity contribution in [2.45, 2.75) is 78.5 Å². The summed E-state index contributed by atoms with van der Waals surface area (Å²) in [6, 6.07) is 14.1. The summed E-state index contributed by atoms with van der Waals surface area (Å²) >= 11 is 6.21. The van der Waals surface area contributed by atoms with Gasteiger partial charge in [0.25, 0.3) is 0 Å². The van der Waals surface area contributed by atoms with Crippen molar-refractivity contribution in [3.8, 4) is 0 Å². The van der Waals surface area contributed by atoms with Crippen molar-refractivity contribution in [3.63, 3.8) is 0 Å². The number of hydrogen-bond donors (Lipinski definition) is 0. The van der Waals surface area contributed by atoms with Gasteiger partial charge < -0.3 is 14.5 Å². The minimum Gasteiger partial charge on any atom is -0.444 e. The quantitative estimate of drug-likeness (QED) is 0.416. The minimum absolute atomic E-state index is 0.0160. The monoisotopic (exact) mass is 568 g/mol. The van der Waals surface area contributed by atoms with Gasteiger partial charge in [-0.25, -0.2) is 4.79 Å². The Morgan fingerprint density at radius 2 is 1.65 bits per heavy atom. The Labute approximate surface area is 244 Å². The van der Waals surface area contributed by atoms with Crippen molar-refractivity contribution in [2.24, 2.45) is 11.3 Å². The van der Waals surface area contributed by atoms with Gasteiger partial charge in [0.2, 0.25) is 5.91 Å². The van der Waals surface area contributed by atoms with Crippen LogP contribution in [0.2, 0.25) is 5.02 Å². The van der Waals surface area contributed by atoms with E-state index < -0.39 is 5.60 Å². The van der Waals surface area contributed by atoms with Crippen LogP contribution in [0.3, 0.4) is 0 Å². The molecule has 2 amide bonds. The van der Waals surface area contributed by atoms with Gasteiger partial charge in [0.15, 0.2) is 0 Å². The van der Waals surface area contributed by atoms with E-state index in [1.807, 2.05) is 51.2 Å². The Morgan fingerprint density at radius 3 is 2.23 bits per heavy atom. The van der Waals surface area contributed by atoms with Crippen LogP contribution in [0.4, 0.5) is 4.79 Å². The minimum atomic E-state index is -0.503. The van der Waals surface area contributed by atoms with Gasteiger partial charge in [-0.15, -0.1) is 0 Å². The molecule has 218 valence electrons. The Kier molecular flexibility index (Phi) is 9.46. The number of carbonyl (C=O) groups excluding carboxylic acids is 2. The van der Waals surface area contributed by atoms with Crippen LogP contribution in [0.25, 0.3) is 0 Å². The van der Waals surface area contributed by atoms with Crippen LogP contribution in [-0.2, 0) is 9.53 Å². The number of aromatic nitrogens is 1. The van der Waals surface area contributed by atoms with Gasteiger partial charge in [-0.1, -0.05) is 50.6 Å². The van der Waals surface area contributed by atoms with Crippen LogP contribution < -0.4 is 0 Å². The van der Waals surface area contributed by atoms with Crippen molar-refractivity contribution in [1.29, 1.82) is 0 Å². The molecule has 0 spiro atoms. The lowest BCUT2D eigenvalue weighted by Gasteiger charge is -2.49. The van der Waals surface area contributed by atoms with Gasteiger partial charge in [-0.05, 0) is 74.8 Å². The molecule has 8 heteroatoms. The summed E-state index contributed by atoms with van der Waals surface area (Å²) in [6.07, 6.45) is 3.75. The van der Waals surface area contributed by atoms with E-state index in [2.05, 4.69) is 48.8 Å². The topological polar surface area (TPSA) is 66.0 Å². The highest BCUT2D eigenvalue weighted by Gasteiger charge is 2.41. The normalized spacial score (nSPS) is 20.3. The van der Waals surface area contributed by atoms with Gasteiger partial charge in [0.05, 0.1) is 11.7 Å². The van der Waals surface area contributed by atoms with E-state index in [9.17, 15) is 9.59 Å². The summed E-state index contributed by atoms with van der Waals surface area (Å²) in [6.45, 7) is 15.8. The van der Waals surface area contributed by atoms with Crippen molar-refractivity contribution >= 4 is 23.6 Å². The van der Waals surface area contributed by atoms with Crippen LogP contribution in [0.1, 0.15) is 78.1 Å². The molecule has 3 heterocycles. The molecule has 4 rings (SSSR count). The molecule has 1 unspecified atom stereocenters. The van der Waals surface area contributed by atoms with Crippen LogP contribution in [0.15, 0.2) is 48.7 Å². The fourth-order valence-electron chi connectivity index (χ4n) is 5.84. The number of amides is 2. The van der Waals surface area contributed by atoms with Gasteiger partial charge in [-0.2, -0.15) is 0 Å². The van der Waals surface area contributed by atoms with Gasteiger partial charge in [-0.3, -0.25) is 14.7 Å². The van der Waals surface area contributed by atoms with Crippen molar-refractivity contribution in [2.75, 3.05) is 32.7 Å². The van der Waals surface area contributed by atoms with Crippen LogP contribution in [-0.4, -0.2) is 76.1 Å². The average Bonchev–Trinajstić information content (AvgIpc) is 2.89. The summed E-state index contributed by atoms with van der Waals surface area (Å²) in [5.41, 5.74) is 1.54. The predicted octanol–water partition coefficient (Wildman–Crippen LogP) is 6.42. The first-order valence-corrected chi connectivity index (χ1v) is 14.9. The lowest BCUT2D eigenvalue weighted by atomic mass is 9.82. The first kappa shape index (κ1) is 30.3. The highest BCUT2D eigenvalue weighted by atomic mass is 35.5. The van der Waals surface area contributed by atoms with Crippen LogP contribution in [0, 0.1) is 11.3 Å². The molecule has 1 aromatic heterocycles. The predicted molar refractivity (Wildman–Crippen MR) is 159 cm³/mol. The molecule has 40 heavy (non-hydrogen) atoms. The smallest absolute Gasteiger partial charge is 0.410 e. The van der Waals surface area contributed by atoms with E-state index in [0.717, 1.165) is 37.2 Å². The molecule has 7 nitrogen and oxygen atoms in total. The van der Waals surface area contributed by atoms with Crippen molar-refractivity contribution in [1.82, 2.24) is 19.7 Å². The Morgan fingerprint density at radius 1 is 0.975 bits per heavy atom. The molecule has 0 aliphatic carbocycles. The number of halogens is 1. The second kappa shape index (κ2) is 12.5. The Bertz CT molecular complexity index is 1140. The lowest BCUT2D eigenvalue weighted by molar-refractivity contribution is -0.141. The zero-order chi connectivity index (χ0) is 29.1. The molecular formula is C32H45ClN4O3. The number of hydrogen-bond acceptors (Lipinski definition) is 5. The third-order valence-electron chi connectivity index (χ3n) is 7.98. The maximum atomic E-state index is 13.8. The Hall–Kier alpha value is -2.64. The van der Waals surface area contributed by atoms with E-state index >= 15 is 0 Å². The molecule has 0 radical (unpaired) electrons. The average molecular weight is 569 g/mol. The number of pyridine rings is 1. The second-order valence-electron chi connectivity index (χ2n) is 13.3. The first-order chi connectivity index (χ1) is 18.8. The molecule has 2 saturated heterocycles. The molecule has 2 aliphatic rings. The fraction of sp³-hybridized carbons (Fsp3) is 0.594. The number of benzene rings is 1. The summed E-state index contributed by atoms with van der Waals surface area (Å²) in [4.78, 5) is 37.3. The number of nitrogens with zero attached hydrogens (tertiary/aromatic N) is 4. The van der Waals surface area contributed by atoms with Gasteiger partial charge in [0.1, 0.15) is 5.60 Å². The molecular weight excluding hydrogens is 524 g/mol. The highest BCUT2D eigenvalue weighted by molar-refractivity contribution is 6.30. The van der Waals surface area contributed by atoms with E-state index in [-0.39, 0.29) is 35.4 Å². The molecule has 1 aromatic carbocycles. The molecule has 0 bridgehead atoms. The fourth-order valence-corrected chi connectivity index (χ4v) is 5.97. The van der Waals surface area contributed by atoms with Gasteiger partial charge in [0, 0.05) is 56.4 Å². The molecule has 2 aromatic rings. The number of ether oxygens (including phenoxy) is 1. The van der Waals surface area contributed by atoms with Crippen molar-refractivity contribution < 1.29 is 14.3 Å². The van der Waals surface area contributed by atoms with E-state index in [1.165, 1.54) is 0 Å². The number of carbonyl (C=O) groups is 2. The molecule has 2 fully saturated rings. The molecule has 2 atom stereocenters. The van der Waals surface area contributed by atoms with Crippen LogP contribution in [0.5, 0.6) is 0 Å². The first-order valence-electron chi connectivity index (χ1n) is 14.5. The van der Waals surface area contributed by atoms with Crippen molar-refractivity contribution in [3.05, 3.63) is 64.9 Å². The summed E-state index contributed by atoms with van der Waals surface area (Å²) < 4.78 is 5.54. The maximum Gasteiger partial charge on any atom is 0.410 e. The number of piperazine rings is 1. The molecule has 2 aliphatic heterocycles. The number of piperidine rings is 1. The van der Waals surface area contributed by atoms with E-state index in [0.29, 0.717) is 31.1 Å². The third-order valence-corrected chi connectivity index (χ3v) is 8.23. The van der Waals surface area contributed by atoms with E-state index in [4.69, 9.17) is 21.3 Å². The van der Waals surface area contributed by atoms with Gasteiger partial charge >= 0.3 is 6.09 Å². The molecule has 0 N–H and O–H groups in total. The maximum absolute atomic E-state index is 13.8. The second-order valence-corrected chi connectivity index (χ2v) is 13.7. The Balaban J connectivity index is 1.44. The zero-order valence-corrected chi connectivity index (χ0v) is 25.7. The highest BCUT2D eigenvalue weighted by Crippen LogP contribution is 2.35. The summed E-state index contributed by atoms with van der Waals surface area (Å²) in [5.74, 6) is 0.497. The van der Waals surface area contributed by atoms with E-state index in [1.54, 1.807) is 4.90 Å². The third kappa shape index (κ3) is 7.76. The lowest BCUT2D eigenvalue weighted by Crippen LogP contribution is -2.60. The number of rotatable bonds is 5. The zero-order valence-electron chi connectivity index (χ0n) is 24.9. The van der Waals surface area contributed by atoms with Crippen LogP contribution >= 0.6 is 11.6 Å².